The third kappa shape index (κ3) is 7.04. The highest BCUT2D eigenvalue weighted by Crippen LogP contribution is 2.52. The zero-order chi connectivity index (χ0) is 38.3. The fourth-order valence-electron chi connectivity index (χ4n) is 9.97. The molecule has 3 fully saturated rings. The van der Waals surface area contributed by atoms with Gasteiger partial charge in [-0.25, -0.2) is 0 Å². The van der Waals surface area contributed by atoms with Gasteiger partial charge >= 0.3 is 7.12 Å². The fourth-order valence-corrected chi connectivity index (χ4v) is 14.5. The number of phenolic OH excluding ortho intramolecular Hbond substituents is 1. The predicted molar refractivity (Wildman–Crippen MR) is 217 cm³/mol. The number of rotatable bonds is 9. The molecule has 1 aliphatic carbocycles. The van der Waals surface area contributed by atoms with Gasteiger partial charge in [0.1, 0.15) is 5.75 Å². The number of carbonyl (C=O) groups excluding carboxylic acids is 2. The topological polar surface area (TPSA) is 99.5 Å². The summed E-state index contributed by atoms with van der Waals surface area (Å²) in [6, 6.07) is 38.0. The Bertz CT molecular complexity index is 1980. The van der Waals surface area contributed by atoms with Gasteiger partial charge in [-0.05, 0) is 81.3 Å². The van der Waals surface area contributed by atoms with E-state index in [1.165, 1.54) is 5.56 Å². The molecular weight excluding hydrogens is 703 g/mol. The van der Waals surface area contributed by atoms with Gasteiger partial charge in [-0.3, -0.25) is 19.4 Å². The number of aromatic hydroxyl groups is 1. The van der Waals surface area contributed by atoms with Crippen molar-refractivity contribution in [2.75, 3.05) is 19.7 Å². The number of phenols is 1. The molecule has 2 N–H and O–H groups in total. The molecule has 8 rings (SSSR count). The molecule has 0 spiro atoms. The Morgan fingerprint density at radius 3 is 1.96 bits per heavy atom. The lowest BCUT2D eigenvalue weighted by Gasteiger charge is -2.45. The maximum atomic E-state index is 14.7. The third-order valence-electron chi connectivity index (χ3n) is 12.6. The van der Waals surface area contributed by atoms with Gasteiger partial charge in [0.2, 0.25) is 11.8 Å². The van der Waals surface area contributed by atoms with E-state index in [4.69, 9.17) is 9.08 Å². The number of nitrogens with zero attached hydrogens (tertiary/aromatic N) is 2. The molecule has 10 heteroatoms. The second kappa shape index (κ2) is 15.3. The minimum atomic E-state index is -2.97. The summed E-state index contributed by atoms with van der Waals surface area (Å²) in [6.45, 7) is 9.39. The van der Waals surface area contributed by atoms with Crippen molar-refractivity contribution in [3.05, 3.63) is 137 Å². The standard InChI is InChI=1S/C45H51BN2O6Si/c1-45(2,3)55(36-15-9-5-10-16-36,37-17-11-6-12-18-37)53-30-33-27-39-41(38-28-40(54-46(52)42(33)38)32-19-21-35(49)22-20-32)44(51)48(43(39)50)34-23-25-47(26-24-34)29-31-13-7-4-8-14-31/h4-22,34,38-41,49,52H,23-30H2,1-3H3/t38-,39-,40-,41+/m0/s1. The lowest BCUT2D eigenvalue weighted by Crippen LogP contribution is -2.66. The zero-order valence-electron chi connectivity index (χ0n) is 32.0. The number of hydrogen-bond donors (Lipinski definition) is 2. The normalized spacial score (nSPS) is 23.9. The average molecular weight is 755 g/mol. The van der Waals surface area contributed by atoms with Crippen LogP contribution in [0.5, 0.6) is 5.75 Å². The second-order valence-corrected chi connectivity index (χ2v) is 21.1. The number of amides is 2. The van der Waals surface area contributed by atoms with Crippen LogP contribution in [0.4, 0.5) is 0 Å². The summed E-state index contributed by atoms with van der Waals surface area (Å²) in [5.41, 5.74) is 3.61. The van der Waals surface area contributed by atoms with Crippen LogP contribution >= 0.6 is 0 Å². The molecule has 8 nitrogen and oxygen atoms in total. The fraction of sp³-hybridized carbons (Fsp3) is 0.378. The van der Waals surface area contributed by atoms with Crippen LogP contribution < -0.4 is 10.4 Å². The maximum absolute atomic E-state index is 14.7. The largest absolute Gasteiger partial charge is 0.508 e. The van der Waals surface area contributed by atoms with Crippen molar-refractivity contribution in [2.45, 2.75) is 70.2 Å². The van der Waals surface area contributed by atoms with Gasteiger partial charge in [0.25, 0.3) is 8.32 Å². The van der Waals surface area contributed by atoms with Gasteiger partial charge in [0, 0.05) is 25.7 Å². The van der Waals surface area contributed by atoms with E-state index < -0.39 is 39.3 Å². The Labute approximate surface area is 326 Å². The Kier molecular flexibility index (Phi) is 10.5. The highest BCUT2D eigenvalue weighted by atomic mass is 28.4. The van der Waals surface area contributed by atoms with E-state index in [1.54, 1.807) is 29.2 Å². The van der Waals surface area contributed by atoms with Crippen LogP contribution in [0.3, 0.4) is 0 Å². The summed E-state index contributed by atoms with van der Waals surface area (Å²) in [5, 5.41) is 24.0. The highest BCUT2D eigenvalue weighted by molar-refractivity contribution is 6.99. The van der Waals surface area contributed by atoms with Gasteiger partial charge in [0.05, 0.1) is 24.5 Å². The van der Waals surface area contributed by atoms with Gasteiger partial charge in [-0.2, -0.15) is 0 Å². The smallest absolute Gasteiger partial charge is 0.487 e. The molecule has 3 saturated heterocycles. The van der Waals surface area contributed by atoms with Gasteiger partial charge in [-0.1, -0.05) is 124 Å². The van der Waals surface area contributed by atoms with E-state index in [-0.39, 0.29) is 35.3 Å². The van der Waals surface area contributed by atoms with E-state index in [0.717, 1.165) is 54.0 Å². The summed E-state index contributed by atoms with van der Waals surface area (Å²) in [5.74, 6) is -1.60. The van der Waals surface area contributed by atoms with E-state index in [0.29, 0.717) is 18.3 Å². The molecule has 0 unspecified atom stereocenters. The number of piperidine rings is 1. The number of allylic oxidation sites excluding steroid dienone is 1. The van der Waals surface area contributed by atoms with E-state index in [9.17, 15) is 19.7 Å². The van der Waals surface area contributed by atoms with Gasteiger partial charge < -0.3 is 19.2 Å². The van der Waals surface area contributed by atoms with Crippen LogP contribution in [0.1, 0.15) is 63.7 Å². The molecule has 0 saturated carbocycles. The zero-order valence-corrected chi connectivity index (χ0v) is 33.0. The minimum absolute atomic E-state index is 0.0966. The lowest BCUT2D eigenvalue weighted by molar-refractivity contribution is -0.144. The summed E-state index contributed by atoms with van der Waals surface area (Å²) in [6.07, 6.45) is 1.73. The molecule has 0 aromatic heterocycles. The summed E-state index contributed by atoms with van der Waals surface area (Å²) >= 11 is 0. The van der Waals surface area contributed by atoms with Crippen molar-refractivity contribution in [3.63, 3.8) is 0 Å². The number of likely N-dealkylation sites (tertiary alicyclic amines) is 2. The molecule has 0 radical (unpaired) electrons. The molecule has 4 aliphatic rings. The molecule has 284 valence electrons. The minimum Gasteiger partial charge on any atom is -0.508 e. The first-order valence-corrected chi connectivity index (χ1v) is 21.7. The van der Waals surface area contributed by atoms with Crippen LogP contribution in [0.2, 0.25) is 5.04 Å². The van der Waals surface area contributed by atoms with Crippen molar-refractivity contribution >= 4 is 37.6 Å². The van der Waals surface area contributed by atoms with E-state index >= 15 is 0 Å². The first-order valence-electron chi connectivity index (χ1n) is 19.8. The van der Waals surface area contributed by atoms with E-state index in [2.05, 4.69) is 98.5 Å². The summed E-state index contributed by atoms with van der Waals surface area (Å²) in [7, 11) is -4.24. The summed E-state index contributed by atoms with van der Waals surface area (Å²) < 4.78 is 13.8. The van der Waals surface area contributed by atoms with Crippen LogP contribution in [0.15, 0.2) is 126 Å². The average Bonchev–Trinajstić information content (AvgIpc) is 3.44. The Morgan fingerprint density at radius 1 is 0.800 bits per heavy atom. The molecule has 3 heterocycles. The maximum Gasteiger partial charge on any atom is 0.487 e. The van der Waals surface area contributed by atoms with Crippen molar-refractivity contribution in [3.8, 4) is 5.75 Å². The number of imide groups is 1. The highest BCUT2D eigenvalue weighted by Gasteiger charge is 2.59. The van der Waals surface area contributed by atoms with Gasteiger partial charge in [0.15, 0.2) is 0 Å². The molecule has 2 amide bonds. The Morgan fingerprint density at radius 2 is 1.38 bits per heavy atom. The second-order valence-electron chi connectivity index (χ2n) is 16.8. The monoisotopic (exact) mass is 754 g/mol. The Hall–Kier alpha value is -4.32. The molecule has 4 aromatic rings. The predicted octanol–water partition coefficient (Wildman–Crippen LogP) is 6.03. The molecule has 0 bridgehead atoms. The Balaban J connectivity index is 1.13. The van der Waals surface area contributed by atoms with Crippen LogP contribution in [0.25, 0.3) is 0 Å². The SMILES string of the molecule is CC(C)(C)[Si](OCC1=C2B(O)O[C@H](c3ccc(O)cc3)C[C@H]2[C@H]2C(=O)N(C3CCN(Cc4ccccc4)CC3)C(=O)[C@H]2C1)(c1ccccc1)c1ccccc1. The molecule has 4 atom stereocenters. The number of hydrogen-bond acceptors (Lipinski definition) is 7. The van der Waals surface area contributed by atoms with Crippen molar-refractivity contribution in [1.29, 1.82) is 0 Å². The molecule has 4 aromatic carbocycles. The number of fused-ring (bicyclic) bond motifs is 3. The van der Waals surface area contributed by atoms with Gasteiger partial charge in [-0.15, -0.1) is 0 Å². The summed E-state index contributed by atoms with van der Waals surface area (Å²) in [4.78, 5) is 33.3. The van der Waals surface area contributed by atoms with Crippen LogP contribution in [-0.4, -0.2) is 72.9 Å². The number of carbonyl (C=O) groups is 2. The molecule has 3 aliphatic heterocycles. The molecule has 55 heavy (non-hydrogen) atoms. The third-order valence-corrected chi connectivity index (χ3v) is 17.5. The van der Waals surface area contributed by atoms with E-state index in [1.807, 2.05) is 18.2 Å². The van der Waals surface area contributed by atoms with Crippen molar-refractivity contribution in [2.24, 2.45) is 17.8 Å². The molecular formula is C45H51BN2O6Si. The van der Waals surface area contributed by atoms with Crippen LogP contribution in [0, 0.1) is 17.8 Å². The quantitative estimate of drug-likeness (QED) is 0.159. The van der Waals surface area contributed by atoms with Crippen LogP contribution in [-0.2, 0) is 25.2 Å². The van der Waals surface area contributed by atoms with Crippen molar-refractivity contribution < 1.29 is 28.8 Å². The van der Waals surface area contributed by atoms with Crippen molar-refractivity contribution in [1.82, 2.24) is 9.80 Å². The lowest BCUT2D eigenvalue weighted by atomic mass is 9.55. The first-order chi connectivity index (χ1) is 26.5. The number of benzene rings is 4. The first kappa shape index (κ1) is 37.6.